The zero-order valence-electron chi connectivity index (χ0n) is 12.6. The van der Waals surface area contributed by atoms with Crippen LogP contribution in [-0.4, -0.2) is 31.9 Å². The third-order valence-electron chi connectivity index (χ3n) is 4.22. The number of hydrogen-bond donors (Lipinski definition) is 0. The second-order valence-corrected chi connectivity index (χ2v) is 7.12. The summed E-state index contributed by atoms with van der Waals surface area (Å²) >= 11 is 7.35. The van der Waals surface area contributed by atoms with Crippen molar-refractivity contribution in [3.8, 4) is 0 Å². The fraction of sp³-hybridized carbons (Fsp3) is 0.312. The summed E-state index contributed by atoms with van der Waals surface area (Å²) in [5.74, 6) is 0.793. The monoisotopic (exact) mass is 346 g/mol. The van der Waals surface area contributed by atoms with E-state index in [2.05, 4.69) is 10.1 Å². The topological polar surface area (TPSA) is 50.5 Å². The van der Waals surface area contributed by atoms with Gasteiger partial charge in [-0.1, -0.05) is 35.1 Å². The highest BCUT2D eigenvalue weighted by molar-refractivity contribution is 7.18. The van der Waals surface area contributed by atoms with Crippen molar-refractivity contribution in [3.63, 3.8) is 0 Å². The van der Waals surface area contributed by atoms with Crippen molar-refractivity contribution in [2.45, 2.75) is 25.8 Å². The summed E-state index contributed by atoms with van der Waals surface area (Å²) in [4.78, 5) is 19.9. The van der Waals surface area contributed by atoms with E-state index in [1.165, 1.54) is 11.3 Å². The molecule has 0 aliphatic carbocycles. The third kappa shape index (κ3) is 2.52. The van der Waals surface area contributed by atoms with E-state index in [1.807, 2.05) is 36.1 Å². The van der Waals surface area contributed by atoms with E-state index in [4.69, 9.17) is 11.6 Å². The van der Waals surface area contributed by atoms with Crippen LogP contribution >= 0.6 is 22.9 Å². The molecule has 4 rings (SSSR count). The number of amides is 1. The molecule has 0 saturated carbocycles. The van der Waals surface area contributed by atoms with E-state index in [-0.39, 0.29) is 11.9 Å². The fourth-order valence-corrected chi connectivity index (χ4v) is 4.09. The lowest BCUT2D eigenvalue weighted by Gasteiger charge is -2.24. The first kappa shape index (κ1) is 14.7. The summed E-state index contributed by atoms with van der Waals surface area (Å²) in [5, 5.41) is 5.65. The molecule has 3 heterocycles. The van der Waals surface area contributed by atoms with E-state index < -0.39 is 0 Å². The molecule has 1 amide bonds. The maximum Gasteiger partial charge on any atom is 0.285 e. The van der Waals surface area contributed by atoms with Gasteiger partial charge in [-0.25, -0.2) is 9.50 Å². The summed E-state index contributed by atoms with van der Waals surface area (Å²) in [6, 6.07) is 7.85. The lowest BCUT2D eigenvalue weighted by atomic mass is 10.0. The smallest absolute Gasteiger partial charge is 0.285 e. The summed E-state index contributed by atoms with van der Waals surface area (Å²) in [7, 11) is 0. The van der Waals surface area contributed by atoms with Crippen molar-refractivity contribution in [3.05, 3.63) is 51.9 Å². The van der Waals surface area contributed by atoms with Crippen LogP contribution in [0.5, 0.6) is 0 Å². The molecule has 0 spiro atoms. The number of hydrogen-bond acceptors (Lipinski definition) is 4. The van der Waals surface area contributed by atoms with Gasteiger partial charge >= 0.3 is 0 Å². The van der Waals surface area contributed by atoms with Crippen LogP contribution in [0.25, 0.3) is 4.83 Å². The molecule has 0 unspecified atom stereocenters. The van der Waals surface area contributed by atoms with E-state index in [1.54, 1.807) is 10.7 Å². The standard InChI is InChI=1S/C16H15ClN4OS/c1-10-18-9-14-21(10)19-15(23-14)16(22)20-8-2-3-13(20)11-4-6-12(17)7-5-11/h4-7,9,13H,2-3,8H2,1H3/t13-/m0/s1. The molecule has 1 fully saturated rings. The van der Waals surface area contributed by atoms with Crippen LogP contribution in [0.1, 0.15) is 40.1 Å². The van der Waals surface area contributed by atoms with E-state index in [9.17, 15) is 4.79 Å². The van der Waals surface area contributed by atoms with Gasteiger partial charge in [0.05, 0.1) is 12.2 Å². The van der Waals surface area contributed by atoms with Gasteiger partial charge in [-0.05, 0) is 37.5 Å². The van der Waals surface area contributed by atoms with Crippen LogP contribution in [0, 0.1) is 6.92 Å². The average molecular weight is 347 g/mol. The lowest BCUT2D eigenvalue weighted by molar-refractivity contribution is 0.0734. The maximum absolute atomic E-state index is 12.9. The number of nitrogens with zero attached hydrogens (tertiary/aromatic N) is 4. The Morgan fingerprint density at radius 3 is 2.87 bits per heavy atom. The Morgan fingerprint density at radius 2 is 2.13 bits per heavy atom. The fourth-order valence-electron chi connectivity index (χ4n) is 3.07. The number of carbonyl (C=O) groups is 1. The van der Waals surface area contributed by atoms with Crippen LogP contribution in [0.4, 0.5) is 0 Å². The number of benzene rings is 1. The Labute approximate surface area is 142 Å². The largest absolute Gasteiger partial charge is 0.329 e. The molecule has 118 valence electrons. The molecule has 1 aromatic carbocycles. The number of halogens is 1. The van der Waals surface area contributed by atoms with Crippen molar-refractivity contribution in [1.29, 1.82) is 0 Å². The first-order valence-electron chi connectivity index (χ1n) is 7.51. The van der Waals surface area contributed by atoms with Gasteiger partial charge in [-0.2, -0.15) is 0 Å². The molecular weight excluding hydrogens is 332 g/mol. The maximum atomic E-state index is 12.9. The summed E-state index contributed by atoms with van der Waals surface area (Å²) < 4.78 is 1.73. The van der Waals surface area contributed by atoms with Crippen molar-refractivity contribution in [1.82, 2.24) is 19.5 Å². The molecule has 1 saturated heterocycles. The van der Waals surface area contributed by atoms with E-state index >= 15 is 0 Å². The highest BCUT2D eigenvalue weighted by Gasteiger charge is 2.32. The SMILES string of the molecule is Cc1ncc2sc(C(=O)N3CCC[C@H]3c3ccc(Cl)cc3)nn12. The third-order valence-corrected chi connectivity index (χ3v) is 5.41. The van der Waals surface area contributed by atoms with Gasteiger partial charge in [0.2, 0.25) is 5.01 Å². The van der Waals surface area contributed by atoms with Crippen LogP contribution in [0.15, 0.2) is 30.5 Å². The molecule has 0 N–H and O–H groups in total. The number of aromatic nitrogens is 3. The Balaban J connectivity index is 1.64. The number of fused-ring (bicyclic) bond motifs is 1. The Morgan fingerprint density at radius 1 is 1.35 bits per heavy atom. The number of aryl methyl sites for hydroxylation is 1. The number of carbonyl (C=O) groups excluding carboxylic acids is 1. The first-order chi connectivity index (χ1) is 11.1. The molecule has 5 nitrogen and oxygen atoms in total. The molecule has 1 aliphatic heterocycles. The van der Waals surface area contributed by atoms with Crippen LogP contribution in [-0.2, 0) is 0 Å². The number of imidazole rings is 1. The van der Waals surface area contributed by atoms with Crippen molar-refractivity contribution < 1.29 is 4.79 Å². The zero-order chi connectivity index (χ0) is 16.0. The van der Waals surface area contributed by atoms with Crippen molar-refractivity contribution in [2.75, 3.05) is 6.54 Å². The van der Waals surface area contributed by atoms with E-state index in [0.717, 1.165) is 35.6 Å². The second kappa shape index (κ2) is 5.62. The summed E-state index contributed by atoms with van der Waals surface area (Å²) in [5.41, 5.74) is 1.13. The van der Waals surface area contributed by atoms with Gasteiger partial charge in [-0.3, -0.25) is 4.79 Å². The van der Waals surface area contributed by atoms with Crippen molar-refractivity contribution >= 4 is 33.7 Å². The Hall–Kier alpha value is -1.92. The second-order valence-electron chi connectivity index (χ2n) is 5.67. The van der Waals surface area contributed by atoms with Crippen LogP contribution in [0.3, 0.4) is 0 Å². The van der Waals surface area contributed by atoms with Crippen molar-refractivity contribution in [2.24, 2.45) is 0 Å². The molecule has 3 aromatic rings. The summed E-state index contributed by atoms with van der Waals surface area (Å²) in [6.07, 6.45) is 3.73. The Bertz CT molecular complexity index is 870. The molecular formula is C16H15ClN4OS. The molecule has 0 bridgehead atoms. The molecule has 23 heavy (non-hydrogen) atoms. The van der Waals surface area contributed by atoms with E-state index in [0.29, 0.717) is 10.0 Å². The minimum atomic E-state index is -0.00412. The minimum Gasteiger partial charge on any atom is -0.329 e. The predicted molar refractivity (Wildman–Crippen MR) is 90.1 cm³/mol. The Kier molecular flexibility index (Phi) is 3.58. The van der Waals surface area contributed by atoms with Gasteiger partial charge in [0.15, 0.2) is 0 Å². The quantitative estimate of drug-likeness (QED) is 0.710. The zero-order valence-corrected chi connectivity index (χ0v) is 14.1. The van der Waals surface area contributed by atoms with Gasteiger partial charge in [0.1, 0.15) is 10.7 Å². The van der Waals surface area contributed by atoms with Crippen LogP contribution in [0.2, 0.25) is 5.02 Å². The highest BCUT2D eigenvalue weighted by atomic mass is 35.5. The lowest BCUT2D eigenvalue weighted by Crippen LogP contribution is -2.30. The van der Waals surface area contributed by atoms with Gasteiger partial charge < -0.3 is 4.90 Å². The molecule has 1 aliphatic rings. The molecule has 0 radical (unpaired) electrons. The number of likely N-dealkylation sites (tertiary alicyclic amines) is 1. The molecule has 7 heteroatoms. The van der Waals surface area contributed by atoms with Gasteiger partial charge in [-0.15, -0.1) is 5.10 Å². The van der Waals surface area contributed by atoms with Gasteiger partial charge in [0.25, 0.3) is 5.91 Å². The summed E-state index contributed by atoms with van der Waals surface area (Å²) in [6.45, 7) is 2.64. The van der Waals surface area contributed by atoms with Gasteiger partial charge in [0, 0.05) is 11.6 Å². The number of rotatable bonds is 2. The highest BCUT2D eigenvalue weighted by Crippen LogP contribution is 2.34. The normalized spacial score (nSPS) is 18.0. The minimum absolute atomic E-state index is 0.00412. The van der Waals surface area contributed by atoms with Crippen LogP contribution < -0.4 is 0 Å². The molecule has 1 atom stereocenters. The first-order valence-corrected chi connectivity index (χ1v) is 8.70. The average Bonchev–Trinajstić information content (AvgIpc) is 3.25. The predicted octanol–water partition coefficient (Wildman–Crippen LogP) is 3.73. The molecule has 2 aromatic heterocycles.